The van der Waals surface area contributed by atoms with E-state index in [9.17, 15) is 14.7 Å². The fraction of sp³-hybridized carbons (Fsp3) is 0.0323. The molecule has 0 radical (unpaired) electrons. The minimum Gasteiger partial charge on any atom is -0.508 e. The van der Waals surface area contributed by atoms with Crippen molar-refractivity contribution in [2.24, 2.45) is 0 Å². The smallest absolute Gasteiger partial charge is 0.189 e. The van der Waals surface area contributed by atoms with Crippen LogP contribution >= 0.6 is 0 Å². The van der Waals surface area contributed by atoms with Crippen LogP contribution in [0.3, 0.4) is 0 Å². The fourth-order valence-corrected chi connectivity index (χ4v) is 3.13. The fourth-order valence-electron chi connectivity index (χ4n) is 3.13. The standard InChI is InChI=1S/C16H14O4.C15H12O/c1-20-13-7-8-14(16(19)10-13)15(18)9-4-11-2-5-12(17)6-3-11;16-15(14-9-5-2-6-10-14)12-11-13-7-3-1-4-8-13/h2-10,17,19H,1H3;1-12H. The predicted octanol–water partition coefficient (Wildman–Crippen LogP) is 6.59. The van der Waals surface area contributed by atoms with Gasteiger partial charge in [0.15, 0.2) is 11.6 Å². The highest BCUT2D eigenvalue weighted by Crippen LogP contribution is 2.24. The monoisotopic (exact) mass is 478 g/mol. The summed E-state index contributed by atoms with van der Waals surface area (Å²) in [6.07, 6.45) is 6.42. The van der Waals surface area contributed by atoms with Crippen molar-refractivity contribution in [1.29, 1.82) is 0 Å². The lowest BCUT2D eigenvalue weighted by Gasteiger charge is -2.03. The zero-order valence-electron chi connectivity index (χ0n) is 19.7. The maximum absolute atomic E-state index is 12.0. The second kappa shape index (κ2) is 13.1. The molecule has 2 N–H and O–H groups in total. The number of hydrogen-bond acceptors (Lipinski definition) is 5. The molecule has 180 valence electrons. The number of aromatic hydroxyl groups is 2. The van der Waals surface area contributed by atoms with Crippen LogP contribution in [-0.2, 0) is 0 Å². The van der Waals surface area contributed by atoms with Crippen LogP contribution in [0.5, 0.6) is 17.2 Å². The third-order valence-corrected chi connectivity index (χ3v) is 5.08. The van der Waals surface area contributed by atoms with Gasteiger partial charge in [-0.3, -0.25) is 9.59 Å². The molecule has 0 saturated heterocycles. The Kier molecular flexibility index (Phi) is 9.36. The molecule has 0 aromatic heterocycles. The minimum atomic E-state index is -0.307. The molecular formula is C31H26O5. The highest BCUT2D eigenvalue weighted by atomic mass is 16.5. The van der Waals surface area contributed by atoms with Crippen molar-refractivity contribution in [3.63, 3.8) is 0 Å². The Bertz CT molecular complexity index is 1340. The topological polar surface area (TPSA) is 83.8 Å². The van der Waals surface area contributed by atoms with Gasteiger partial charge in [0.05, 0.1) is 12.7 Å². The first-order chi connectivity index (χ1) is 17.5. The van der Waals surface area contributed by atoms with E-state index in [1.165, 1.54) is 37.5 Å². The number of carbonyl (C=O) groups excluding carboxylic acids is 2. The number of rotatable bonds is 7. The summed E-state index contributed by atoms with van der Waals surface area (Å²) >= 11 is 0. The number of benzene rings is 4. The minimum absolute atomic E-state index is 0.0319. The molecule has 0 atom stereocenters. The average Bonchev–Trinajstić information content (AvgIpc) is 2.92. The Balaban J connectivity index is 0.000000205. The van der Waals surface area contributed by atoms with Gasteiger partial charge in [0, 0.05) is 11.6 Å². The summed E-state index contributed by atoms with van der Waals surface area (Å²) in [6.45, 7) is 0. The van der Waals surface area contributed by atoms with Crippen molar-refractivity contribution >= 4 is 23.7 Å². The Hall–Kier alpha value is -4.90. The third kappa shape index (κ3) is 7.85. The van der Waals surface area contributed by atoms with Crippen LogP contribution in [0.25, 0.3) is 12.2 Å². The maximum Gasteiger partial charge on any atom is 0.189 e. The summed E-state index contributed by atoms with van der Waals surface area (Å²) in [5, 5.41) is 18.9. The van der Waals surface area contributed by atoms with E-state index < -0.39 is 0 Å². The first-order valence-electron chi connectivity index (χ1n) is 11.2. The van der Waals surface area contributed by atoms with Gasteiger partial charge in [0.25, 0.3) is 0 Å². The van der Waals surface area contributed by atoms with Gasteiger partial charge < -0.3 is 14.9 Å². The molecule has 0 amide bonds. The quantitative estimate of drug-likeness (QED) is 0.231. The lowest BCUT2D eigenvalue weighted by molar-refractivity contribution is 0.103. The van der Waals surface area contributed by atoms with Gasteiger partial charge in [-0.1, -0.05) is 84.9 Å². The van der Waals surface area contributed by atoms with E-state index in [-0.39, 0.29) is 28.6 Å². The van der Waals surface area contributed by atoms with Gasteiger partial charge in [0.2, 0.25) is 0 Å². The van der Waals surface area contributed by atoms with Crippen LogP contribution < -0.4 is 4.74 Å². The Morgan fingerprint density at radius 2 is 1.22 bits per heavy atom. The number of hydrogen-bond donors (Lipinski definition) is 2. The van der Waals surface area contributed by atoms with Gasteiger partial charge in [-0.2, -0.15) is 0 Å². The molecular weight excluding hydrogens is 452 g/mol. The lowest BCUT2D eigenvalue weighted by Crippen LogP contribution is -1.95. The average molecular weight is 479 g/mol. The van der Waals surface area contributed by atoms with Crippen molar-refractivity contribution in [2.45, 2.75) is 0 Å². The molecule has 0 bridgehead atoms. The molecule has 0 saturated carbocycles. The van der Waals surface area contributed by atoms with E-state index in [0.717, 1.165) is 16.7 Å². The molecule has 0 aliphatic heterocycles. The third-order valence-electron chi connectivity index (χ3n) is 5.08. The van der Waals surface area contributed by atoms with Crippen LogP contribution in [-0.4, -0.2) is 28.9 Å². The molecule has 0 aliphatic carbocycles. The van der Waals surface area contributed by atoms with Crippen LogP contribution in [0.15, 0.2) is 115 Å². The molecule has 5 heteroatoms. The van der Waals surface area contributed by atoms with Crippen molar-refractivity contribution in [3.05, 3.63) is 138 Å². The number of phenolic OH excluding ortho intramolecular Hbond substituents is 2. The van der Waals surface area contributed by atoms with Crippen molar-refractivity contribution < 1.29 is 24.5 Å². The highest BCUT2D eigenvalue weighted by Gasteiger charge is 2.09. The van der Waals surface area contributed by atoms with Gasteiger partial charge in [-0.15, -0.1) is 0 Å². The van der Waals surface area contributed by atoms with Crippen LogP contribution in [0.4, 0.5) is 0 Å². The molecule has 0 heterocycles. The van der Waals surface area contributed by atoms with Crippen LogP contribution in [0.2, 0.25) is 0 Å². The molecule has 4 aromatic carbocycles. The van der Waals surface area contributed by atoms with Crippen LogP contribution in [0.1, 0.15) is 31.8 Å². The second-order valence-corrected chi connectivity index (χ2v) is 7.65. The van der Waals surface area contributed by atoms with Gasteiger partial charge >= 0.3 is 0 Å². The lowest BCUT2D eigenvalue weighted by atomic mass is 10.1. The molecule has 0 aliphatic rings. The second-order valence-electron chi connectivity index (χ2n) is 7.65. The number of carbonyl (C=O) groups is 2. The summed E-state index contributed by atoms with van der Waals surface area (Å²) < 4.78 is 4.96. The summed E-state index contributed by atoms with van der Waals surface area (Å²) in [5.74, 6) is 0.259. The van der Waals surface area contributed by atoms with Gasteiger partial charge in [-0.25, -0.2) is 0 Å². The van der Waals surface area contributed by atoms with E-state index in [1.807, 2.05) is 66.7 Å². The van der Waals surface area contributed by atoms with Gasteiger partial charge in [-0.05, 0) is 47.5 Å². The van der Waals surface area contributed by atoms with E-state index in [4.69, 9.17) is 9.84 Å². The normalized spacial score (nSPS) is 10.6. The molecule has 0 unspecified atom stereocenters. The molecule has 4 rings (SSSR count). The Labute approximate surface area is 210 Å². The molecule has 0 spiro atoms. The Morgan fingerprint density at radius 3 is 1.81 bits per heavy atom. The molecule has 0 fully saturated rings. The maximum atomic E-state index is 12.0. The SMILES string of the molecule is COc1ccc(C(=O)C=Cc2ccc(O)cc2)c(O)c1.O=C(C=Cc1ccccc1)c1ccccc1. The summed E-state index contributed by atoms with van der Waals surface area (Å²) in [4.78, 5) is 23.7. The molecule has 4 aromatic rings. The largest absolute Gasteiger partial charge is 0.508 e. The summed E-state index contributed by atoms with van der Waals surface area (Å²) in [5.41, 5.74) is 2.74. The van der Waals surface area contributed by atoms with Crippen LogP contribution in [0, 0.1) is 0 Å². The highest BCUT2D eigenvalue weighted by molar-refractivity contribution is 6.08. The number of allylic oxidation sites excluding steroid dienone is 2. The Morgan fingerprint density at radius 1 is 0.667 bits per heavy atom. The van der Waals surface area contributed by atoms with E-state index in [2.05, 4.69) is 0 Å². The summed E-state index contributed by atoms with van der Waals surface area (Å²) in [6, 6.07) is 30.0. The van der Waals surface area contributed by atoms with Crippen molar-refractivity contribution in [3.8, 4) is 17.2 Å². The first kappa shape index (κ1) is 25.7. The number of phenols is 2. The number of methoxy groups -OCH3 is 1. The van der Waals surface area contributed by atoms with Crippen molar-refractivity contribution in [1.82, 2.24) is 0 Å². The molecule has 36 heavy (non-hydrogen) atoms. The van der Waals surface area contributed by atoms with Crippen molar-refractivity contribution in [2.75, 3.05) is 7.11 Å². The van der Waals surface area contributed by atoms with E-state index in [1.54, 1.807) is 30.4 Å². The summed E-state index contributed by atoms with van der Waals surface area (Å²) in [7, 11) is 1.49. The predicted molar refractivity (Wildman–Crippen MR) is 142 cm³/mol. The molecule has 5 nitrogen and oxygen atoms in total. The number of ether oxygens (including phenoxy) is 1. The number of ketones is 2. The van der Waals surface area contributed by atoms with Gasteiger partial charge in [0.1, 0.15) is 17.2 Å². The zero-order chi connectivity index (χ0) is 25.8. The van der Waals surface area contributed by atoms with E-state index >= 15 is 0 Å². The van der Waals surface area contributed by atoms with E-state index in [0.29, 0.717) is 5.75 Å². The zero-order valence-corrected chi connectivity index (χ0v) is 19.7. The first-order valence-corrected chi connectivity index (χ1v) is 11.2.